The molecule has 3 aromatic rings. The monoisotopic (exact) mass is 467 g/mol. The first-order valence-electron chi connectivity index (χ1n) is 9.20. The maximum atomic E-state index is 12.4. The number of hydrogen-bond acceptors (Lipinski definition) is 5. The van der Waals surface area contributed by atoms with Gasteiger partial charge in [0.05, 0.1) is 15.0 Å². The summed E-state index contributed by atoms with van der Waals surface area (Å²) in [6.07, 6.45) is 1.45. The van der Waals surface area contributed by atoms with E-state index in [4.69, 9.17) is 27.9 Å². The Kier molecular flexibility index (Phi) is 7.45. The molecule has 9 heteroatoms. The zero-order valence-corrected chi connectivity index (χ0v) is 17.9. The lowest BCUT2D eigenvalue weighted by atomic mass is 10.1. The number of carbonyl (C=O) groups is 1. The molecule has 0 aliphatic rings. The Balaban J connectivity index is 1.63. The number of nitrogens with zero attached hydrogens (tertiary/aromatic N) is 2. The van der Waals surface area contributed by atoms with E-state index in [2.05, 4.69) is 5.32 Å². The molecule has 0 atom stereocenters. The van der Waals surface area contributed by atoms with Crippen molar-refractivity contribution in [3.05, 3.63) is 104 Å². The molecule has 0 aromatic heterocycles. The Morgan fingerprint density at radius 1 is 1.06 bits per heavy atom. The molecule has 1 amide bonds. The van der Waals surface area contributed by atoms with Crippen LogP contribution in [0.4, 0.5) is 11.4 Å². The lowest BCUT2D eigenvalue weighted by Crippen LogP contribution is -2.13. The Labute approximate surface area is 193 Å². The van der Waals surface area contributed by atoms with E-state index in [1.54, 1.807) is 48.5 Å². The van der Waals surface area contributed by atoms with Crippen molar-refractivity contribution < 1.29 is 14.5 Å². The molecule has 7 nitrogen and oxygen atoms in total. The molecule has 0 bridgehead atoms. The van der Waals surface area contributed by atoms with Crippen LogP contribution in [-0.4, -0.2) is 10.8 Å². The predicted molar refractivity (Wildman–Crippen MR) is 123 cm³/mol. The average Bonchev–Trinajstić information content (AvgIpc) is 2.79. The molecule has 0 saturated carbocycles. The molecule has 32 heavy (non-hydrogen) atoms. The molecule has 0 aliphatic carbocycles. The van der Waals surface area contributed by atoms with E-state index in [-0.39, 0.29) is 22.9 Å². The highest BCUT2D eigenvalue weighted by Gasteiger charge is 2.11. The highest BCUT2D eigenvalue weighted by molar-refractivity contribution is 6.42. The number of nitro groups is 1. The van der Waals surface area contributed by atoms with E-state index < -0.39 is 10.8 Å². The molecule has 0 fully saturated rings. The number of nitriles is 1. The van der Waals surface area contributed by atoms with Gasteiger partial charge in [0.2, 0.25) is 0 Å². The zero-order valence-electron chi connectivity index (χ0n) is 16.4. The SMILES string of the molecule is N#C/C(=C\c1ccc(OCc2ccc([N+](=O)[O-])cc2)cc1)C(=O)Nc1ccc(Cl)c(Cl)c1. The second kappa shape index (κ2) is 10.4. The Morgan fingerprint density at radius 2 is 1.75 bits per heavy atom. The van der Waals surface area contributed by atoms with E-state index in [0.29, 0.717) is 22.0 Å². The van der Waals surface area contributed by atoms with Crippen molar-refractivity contribution >= 4 is 46.6 Å². The third kappa shape index (κ3) is 6.08. The minimum Gasteiger partial charge on any atom is -0.489 e. The highest BCUT2D eigenvalue weighted by atomic mass is 35.5. The summed E-state index contributed by atoms with van der Waals surface area (Å²) in [6.45, 7) is 0.239. The lowest BCUT2D eigenvalue weighted by Gasteiger charge is -2.07. The number of non-ortho nitro benzene ring substituents is 1. The predicted octanol–water partition coefficient (Wildman–Crippen LogP) is 6.03. The second-order valence-electron chi connectivity index (χ2n) is 6.53. The molecular formula is C23H15Cl2N3O4. The molecule has 3 rings (SSSR count). The molecule has 0 radical (unpaired) electrons. The molecule has 0 saturated heterocycles. The van der Waals surface area contributed by atoms with Crippen molar-refractivity contribution in [1.82, 2.24) is 0 Å². The van der Waals surface area contributed by atoms with Crippen LogP contribution in [0.25, 0.3) is 6.08 Å². The minimum absolute atomic E-state index is 0.0152. The van der Waals surface area contributed by atoms with Gasteiger partial charge in [0.1, 0.15) is 24.0 Å². The van der Waals surface area contributed by atoms with Gasteiger partial charge in [-0.1, -0.05) is 35.3 Å². The van der Waals surface area contributed by atoms with Crippen molar-refractivity contribution in [2.75, 3.05) is 5.32 Å². The number of carbonyl (C=O) groups excluding carboxylic acids is 1. The number of amides is 1. The van der Waals surface area contributed by atoms with E-state index in [0.717, 1.165) is 5.56 Å². The molecule has 0 spiro atoms. The lowest BCUT2D eigenvalue weighted by molar-refractivity contribution is -0.384. The number of hydrogen-bond donors (Lipinski definition) is 1. The van der Waals surface area contributed by atoms with Crippen LogP contribution in [-0.2, 0) is 11.4 Å². The number of rotatable bonds is 7. The van der Waals surface area contributed by atoms with Crippen molar-refractivity contribution in [3.63, 3.8) is 0 Å². The summed E-state index contributed by atoms with van der Waals surface area (Å²) in [5, 5.41) is 23.3. The van der Waals surface area contributed by atoms with Crippen LogP contribution in [0.5, 0.6) is 5.75 Å². The molecule has 3 aromatic carbocycles. The highest BCUT2D eigenvalue weighted by Crippen LogP contribution is 2.25. The summed E-state index contributed by atoms with van der Waals surface area (Å²) in [5.41, 5.74) is 1.76. The molecule has 0 heterocycles. The van der Waals surface area contributed by atoms with Crippen LogP contribution in [0, 0.1) is 21.4 Å². The van der Waals surface area contributed by atoms with Gasteiger partial charge in [0, 0.05) is 17.8 Å². The van der Waals surface area contributed by atoms with Crippen LogP contribution in [0.3, 0.4) is 0 Å². The number of nitro benzene ring substituents is 1. The van der Waals surface area contributed by atoms with Crippen LogP contribution in [0.2, 0.25) is 10.0 Å². The molecule has 160 valence electrons. The summed E-state index contributed by atoms with van der Waals surface area (Å²) in [7, 11) is 0. The third-order valence-corrected chi connectivity index (χ3v) is 5.03. The minimum atomic E-state index is -0.579. The summed E-state index contributed by atoms with van der Waals surface area (Å²) in [4.78, 5) is 22.6. The van der Waals surface area contributed by atoms with Crippen molar-refractivity contribution in [2.24, 2.45) is 0 Å². The van der Waals surface area contributed by atoms with Gasteiger partial charge in [0.15, 0.2) is 0 Å². The van der Waals surface area contributed by atoms with E-state index in [1.165, 1.54) is 24.3 Å². The second-order valence-corrected chi connectivity index (χ2v) is 7.35. The first kappa shape index (κ1) is 22.8. The fourth-order valence-corrected chi connectivity index (χ4v) is 2.93. The first-order valence-corrected chi connectivity index (χ1v) is 9.95. The number of benzene rings is 3. The molecule has 0 aliphatic heterocycles. The molecule has 1 N–H and O–H groups in total. The Morgan fingerprint density at radius 3 is 2.34 bits per heavy atom. The number of ether oxygens (including phenoxy) is 1. The zero-order chi connectivity index (χ0) is 23.1. The average molecular weight is 468 g/mol. The Hall–Kier alpha value is -3.86. The summed E-state index contributed by atoms with van der Waals surface area (Å²) in [6, 6.07) is 19.4. The van der Waals surface area contributed by atoms with E-state index in [9.17, 15) is 20.2 Å². The van der Waals surface area contributed by atoms with Gasteiger partial charge in [-0.15, -0.1) is 0 Å². The van der Waals surface area contributed by atoms with Gasteiger partial charge in [0.25, 0.3) is 11.6 Å². The van der Waals surface area contributed by atoms with E-state index in [1.807, 2.05) is 6.07 Å². The summed E-state index contributed by atoms with van der Waals surface area (Å²) < 4.78 is 5.67. The van der Waals surface area contributed by atoms with Crippen LogP contribution in [0.1, 0.15) is 11.1 Å². The van der Waals surface area contributed by atoms with Gasteiger partial charge in [-0.2, -0.15) is 5.26 Å². The standard InChI is InChI=1S/C23H15Cl2N3O4/c24-21-10-5-18(12-22(21)25)27-23(29)17(13-26)11-15-3-8-20(9-4-15)32-14-16-1-6-19(7-2-16)28(30)31/h1-12H,14H2,(H,27,29)/b17-11+. The number of anilines is 1. The van der Waals surface area contributed by atoms with Crippen molar-refractivity contribution in [3.8, 4) is 11.8 Å². The van der Waals surface area contributed by atoms with Crippen LogP contribution >= 0.6 is 23.2 Å². The van der Waals surface area contributed by atoms with Crippen molar-refractivity contribution in [2.45, 2.75) is 6.61 Å². The topological polar surface area (TPSA) is 105 Å². The molecular weight excluding hydrogens is 453 g/mol. The third-order valence-electron chi connectivity index (χ3n) is 4.29. The first-order chi connectivity index (χ1) is 15.4. The van der Waals surface area contributed by atoms with Crippen LogP contribution < -0.4 is 10.1 Å². The largest absolute Gasteiger partial charge is 0.489 e. The van der Waals surface area contributed by atoms with E-state index >= 15 is 0 Å². The normalized spacial score (nSPS) is 10.8. The summed E-state index contributed by atoms with van der Waals surface area (Å²) >= 11 is 11.8. The maximum absolute atomic E-state index is 12.4. The molecule has 0 unspecified atom stereocenters. The van der Waals surface area contributed by atoms with Crippen molar-refractivity contribution in [1.29, 1.82) is 5.26 Å². The fourth-order valence-electron chi connectivity index (χ4n) is 2.63. The van der Waals surface area contributed by atoms with Gasteiger partial charge < -0.3 is 10.1 Å². The van der Waals surface area contributed by atoms with Gasteiger partial charge >= 0.3 is 0 Å². The quantitative estimate of drug-likeness (QED) is 0.197. The number of halogens is 2. The summed E-state index contributed by atoms with van der Waals surface area (Å²) in [5.74, 6) is -0.0105. The number of nitrogens with one attached hydrogen (secondary N) is 1. The fraction of sp³-hybridized carbons (Fsp3) is 0.0435. The maximum Gasteiger partial charge on any atom is 0.269 e. The van der Waals surface area contributed by atoms with Gasteiger partial charge in [-0.25, -0.2) is 0 Å². The smallest absolute Gasteiger partial charge is 0.269 e. The van der Waals surface area contributed by atoms with Gasteiger partial charge in [-0.3, -0.25) is 14.9 Å². The van der Waals surface area contributed by atoms with Gasteiger partial charge in [-0.05, 0) is 59.7 Å². The Bertz CT molecular complexity index is 1220. The van der Waals surface area contributed by atoms with Crippen LogP contribution in [0.15, 0.2) is 72.3 Å².